The molecule has 7 nitrogen and oxygen atoms in total. The molecular formula is C19H21ClN4O3S. The highest BCUT2D eigenvalue weighted by Gasteiger charge is 2.12. The molecule has 0 spiro atoms. The summed E-state index contributed by atoms with van der Waals surface area (Å²) in [6.07, 6.45) is 3.90. The number of hydrogen-bond acceptors (Lipinski definition) is 8. The number of nitrogens with two attached hydrogens (primary N) is 1. The number of furan rings is 1. The second kappa shape index (κ2) is 10.4. The summed E-state index contributed by atoms with van der Waals surface area (Å²) in [5.74, 6) is 6.91. The average Bonchev–Trinajstić information content (AvgIpc) is 3.35. The number of aromatic nitrogens is 2. The third-order valence-corrected chi connectivity index (χ3v) is 5.04. The van der Waals surface area contributed by atoms with Crippen molar-refractivity contribution in [1.29, 1.82) is 0 Å². The van der Waals surface area contributed by atoms with E-state index < -0.39 is 0 Å². The lowest BCUT2D eigenvalue weighted by Crippen LogP contribution is -2.30. The first-order valence-electron chi connectivity index (χ1n) is 8.81. The van der Waals surface area contributed by atoms with Crippen molar-refractivity contribution < 1.29 is 14.3 Å². The standard InChI is InChI=1S/C14H10ClN3O2S.C5H11NO/c15-14-17-11-9(3-1-5-19)8-21-12(11)13(18-14)16-7-10-4-2-6-20-10;6-5-2-1-3-7-4-5/h2,4,6,8,19H,5,7H2,(H,16,17,18);5H,1-4,6H2. The Kier molecular flexibility index (Phi) is 7.65. The summed E-state index contributed by atoms with van der Waals surface area (Å²) in [6.45, 7) is 1.98. The predicted molar refractivity (Wildman–Crippen MR) is 110 cm³/mol. The number of aliphatic hydroxyl groups is 1. The summed E-state index contributed by atoms with van der Waals surface area (Å²) >= 11 is 7.44. The van der Waals surface area contributed by atoms with E-state index in [1.807, 2.05) is 17.5 Å². The fourth-order valence-corrected chi connectivity index (χ4v) is 3.66. The second-order valence-electron chi connectivity index (χ2n) is 6.04. The molecule has 0 amide bonds. The Hall–Kier alpha value is -2.15. The first-order chi connectivity index (χ1) is 13.7. The summed E-state index contributed by atoms with van der Waals surface area (Å²) in [4.78, 5) is 8.42. The normalized spacial score (nSPS) is 16.0. The van der Waals surface area contributed by atoms with Crippen molar-refractivity contribution >= 4 is 39.0 Å². The molecule has 0 aliphatic carbocycles. The van der Waals surface area contributed by atoms with E-state index in [1.165, 1.54) is 11.3 Å². The monoisotopic (exact) mass is 420 g/mol. The largest absolute Gasteiger partial charge is 0.467 e. The third-order valence-electron chi connectivity index (χ3n) is 3.90. The van der Waals surface area contributed by atoms with Gasteiger partial charge in [-0.05, 0) is 36.6 Å². The molecule has 3 aromatic heterocycles. The van der Waals surface area contributed by atoms with Gasteiger partial charge in [0.15, 0.2) is 0 Å². The molecule has 0 aromatic carbocycles. The highest BCUT2D eigenvalue weighted by atomic mass is 35.5. The van der Waals surface area contributed by atoms with Gasteiger partial charge in [0.2, 0.25) is 5.28 Å². The summed E-state index contributed by atoms with van der Waals surface area (Å²) < 4.78 is 11.2. The molecule has 1 atom stereocenters. The van der Waals surface area contributed by atoms with Gasteiger partial charge in [-0.3, -0.25) is 0 Å². The lowest BCUT2D eigenvalue weighted by molar-refractivity contribution is 0.0822. The fraction of sp³-hybridized carbons (Fsp3) is 0.368. The van der Waals surface area contributed by atoms with Crippen LogP contribution in [-0.2, 0) is 11.3 Å². The molecule has 0 saturated carbocycles. The fourth-order valence-electron chi connectivity index (χ4n) is 2.58. The van der Waals surface area contributed by atoms with Gasteiger partial charge in [0.05, 0.1) is 29.7 Å². The van der Waals surface area contributed by atoms with Crippen LogP contribution in [0.1, 0.15) is 24.2 Å². The number of hydrogen-bond donors (Lipinski definition) is 3. The number of anilines is 1. The molecular weight excluding hydrogens is 400 g/mol. The van der Waals surface area contributed by atoms with E-state index in [2.05, 4.69) is 27.1 Å². The summed E-state index contributed by atoms with van der Waals surface area (Å²) in [7, 11) is 0. The highest BCUT2D eigenvalue weighted by molar-refractivity contribution is 7.18. The number of ether oxygens (including phenoxy) is 1. The SMILES string of the molecule is NC1CCCOC1.OCC#Cc1csc2c(NCc3ccco3)nc(Cl)nc12. The highest BCUT2D eigenvalue weighted by Crippen LogP contribution is 2.30. The molecule has 1 fully saturated rings. The number of aliphatic hydroxyl groups excluding tert-OH is 1. The van der Waals surface area contributed by atoms with E-state index in [9.17, 15) is 0 Å². The van der Waals surface area contributed by atoms with Gasteiger partial charge < -0.3 is 25.3 Å². The van der Waals surface area contributed by atoms with Crippen molar-refractivity contribution in [2.75, 3.05) is 25.1 Å². The molecule has 0 radical (unpaired) electrons. The zero-order chi connectivity index (χ0) is 19.8. The number of nitrogens with one attached hydrogen (secondary N) is 1. The topological polar surface area (TPSA) is 106 Å². The molecule has 1 aliphatic rings. The molecule has 4 N–H and O–H groups in total. The van der Waals surface area contributed by atoms with Gasteiger partial charge in [-0.1, -0.05) is 11.8 Å². The van der Waals surface area contributed by atoms with Gasteiger partial charge in [0, 0.05) is 18.0 Å². The van der Waals surface area contributed by atoms with E-state index in [4.69, 9.17) is 31.6 Å². The Balaban J connectivity index is 0.000000271. The van der Waals surface area contributed by atoms with Crippen molar-refractivity contribution in [2.45, 2.75) is 25.4 Å². The Morgan fingerprint density at radius 2 is 2.32 bits per heavy atom. The van der Waals surface area contributed by atoms with Crippen LogP contribution in [0.4, 0.5) is 5.82 Å². The first kappa shape index (κ1) is 20.6. The second-order valence-corrected chi connectivity index (χ2v) is 7.26. The van der Waals surface area contributed by atoms with Crippen molar-refractivity contribution in [3.8, 4) is 11.8 Å². The van der Waals surface area contributed by atoms with E-state index in [0.29, 0.717) is 23.9 Å². The minimum absolute atomic E-state index is 0.148. The minimum atomic E-state index is -0.195. The van der Waals surface area contributed by atoms with E-state index in [-0.39, 0.29) is 11.9 Å². The number of halogens is 1. The molecule has 148 valence electrons. The van der Waals surface area contributed by atoms with E-state index in [0.717, 1.165) is 42.1 Å². The number of nitrogens with zero attached hydrogens (tertiary/aromatic N) is 2. The molecule has 9 heteroatoms. The van der Waals surface area contributed by atoms with Crippen LogP contribution < -0.4 is 11.1 Å². The molecule has 3 aromatic rings. The molecule has 0 bridgehead atoms. The van der Waals surface area contributed by atoms with Crippen LogP contribution in [-0.4, -0.2) is 40.9 Å². The van der Waals surface area contributed by atoms with Gasteiger partial charge in [-0.2, -0.15) is 4.98 Å². The van der Waals surface area contributed by atoms with Crippen LogP contribution >= 0.6 is 22.9 Å². The summed E-state index contributed by atoms with van der Waals surface area (Å²) in [5, 5.41) is 14.0. The van der Waals surface area contributed by atoms with Crippen molar-refractivity contribution in [3.05, 3.63) is 40.4 Å². The molecule has 4 rings (SSSR count). The van der Waals surface area contributed by atoms with Crippen LogP contribution in [0.15, 0.2) is 28.2 Å². The Morgan fingerprint density at radius 3 is 2.96 bits per heavy atom. The lowest BCUT2D eigenvalue weighted by Gasteiger charge is -2.16. The number of rotatable bonds is 3. The van der Waals surface area contributed by atoms with Crippen LogP contribution in [0.5, 0.6) is 0 Å². The predicted octanol–water partition coefficient (Wildman–Crippen LogP) is 3.02. The Bertz CT molecular complexity index is 943. The van der Waals surface area contributed by atoms with Gasteiger partial charge in [0.25, 0.3) is 0 Å². The molecule has 1 aliphatic heterocycles. The summed E-state index contributed by atoms with van der Waals surface area (Å²) in [6, 6.07) is 4.01. The molecule has 28 heavy (non-hydrogen) atoms. The quantitative estimate of drug-likeness (QED) is 0.441. The Morgan fingerprint density at radius 1 is 1.43 bits per heavy atom. The van der Waals surface area contributed by atoms with E-state index in [1.54, 1.807) is 6.26 Å². The van der Waals surface area contributed by atoms with Crippen LogP contribution in [0.25, 0.3) is 10.2 Å². The van der Waals surface area contributed by atoms with Crippen molar-refractivity contribution in [3.63, 3.8) is 0 Å². The van der Waals surface area contributed by atoms with E-state index >= 15 is 0 Å². The van der Waals surface area contributed by atoms with Gasteiger partial charge in [-0.25, -0.2) is 4.98 Å². The average molecular weight is 421 g/mol. The van der Waals surface area contributed by atoms with Crippen molar-refractivity contribution in [2.24, 2.45) is 5.73 Å². The van der Waals surface area contributed by atoms with Crippen molar-refractivity contribution in [1.82, 2.24) is 9.97 Å². The van der Waals surface area contributed by atoms with Gasteiger partial charge in [0.1, 0.15) is 23.7 Å². The Labute approximate surface area is 171 Å². The maximum atomic E-state index is 8.78. The molecule has 4 heterocycles. The first-order valence-corrected chi connectivity index (χ1v) is 10.1. The number of thiophene rings is 1. The maximum absolute atomic E-state index is 8.78. The number of fused-ring (bicyclic) bond motifs is 1. The summed E-state index contributed by atoms with van der Waals surface area (Å²) in [5.41, 5.74) is 6.92. The van der Waals surface area contributed by atoms with Gasteiger partial charge >= 0.3 is 0 Å². The third kappa shape index (κ3) is 5.67. The maximum Gasteiger partial charge on any atom is 0.225 e. The van der Waals surface area contributed by atoms with Crippen LogP contribution in [0.3, 0.4) is 0 Å². The van der Waals surface area contributed by atoms with Crippen LogP contribution in [0.2, 0.25) is 5.28 Å². The molecule has 1 unspecified atom stereocenters. The van der Waals surface area contributed by atoms with Gasteiger partial charge in [-0.15, -0.1) is 11.3 Å². The lowest BCUT2D eigenvalue weighted by atomic mass is 10.1. The van der Waals surface area contributed by atoms with Crippen LogP contribution in [0, 0.1) is 11.8 Å². The zero-order valence-electron chi connectivity index (χ0n) is 15.2. The minimum Gasteiger partial charge on any atom is -0.467 e. The molecule has 1 saturated heterocycles. The zero-order valence-corrected chi connectivity index (χ0v) is 16.7. The smallest absolute Gasteiger partial charge is 0.225 e.